The highest BCUT2D eigenvalue weighted by atomic mass is 16.5. The quantitative estimate of drug-likeness (QED) is 0.726. The van der Waals surface area contributed by atoms with Gasteiger partial charge in [-0.1, -0.05) is 6.07 Å². The standard InChI is InChI=1S/C18H19N3O2/c1-21-10-13(15-9-14(19)5-6-16(15)21)7-11-3-4-12(18(20)22)8-17(11)23-2/h3-6,8-10H,7,19H2,1-2H3,(H2,20,22). The lowest BCUT2D eigenvalue weighted by atomic mass is 10.0. The van der Waals surface area contributed by atoms with Crippen LogP contribution in [-0.4, -0.2) is 17.6 Å². The van der Waals surface area contributed by atoms with E-state index in [0.29, 0.717) is 17.7 Å². The summed E-state index contributed by atoms with van der Waals surface area (Å²) in [5.41, 5.74) is 15.7. The second-order valence-electron chi connectivity index (χ2n) is 5.61. The maximum Gasteiger partial charge on any atom is 0.248 e. The highest BCUT2D eigenvalue weighted by molar-refractivity contribution is 5.93. The van der Waals surface area contributed by atoms with E-state index in [4.69, 9.17) is 16.2 Å². The van der Waals surface area contributed by atoms with Gasteiger partial charge in [-0.05, 0) is 41.5 Å². The number of fused-ring (bicyclic) bond motifs is 1. The van der Waals surface area contributed by atoms with Crippen LogP contribution in [0.2, 0.25) is 0 Å². The average molecular weight is 309 g/mol. The summed E-state index contributed by atoms with van der Waals surface area (Å²) >= 11 is 0. The van der Waals surface area contributed by atoms with Gasteiger partial charge in [0.05, 0.1) is 7.11 Å². The molecule has 0 radical (unpaired) electrons. The molecule has 118 valence electrons. The summed E-state index contributed by atoms with van der Waals surface area (Å²) in [6, 6.07) is 11.2. The predicted molar refractivity (Wildman–Crippen MR) is 91.6 cm³/mol. The number of rotatable bonds is 4. The number of primary amides is 1. The Hall–Kier alpha value is -2.95. The highest BCUT2D eigenvalue weighted by Gasteiger charge is 2.12. The number of anilines is 1. The van der Waals surface area contributed by atoms with Crippen LogP contribution >= 0.6 is 0 Å². The molecule has 2 aromatic carbocycles. The molecule has 0 saturated heterocycles. The Morgan fingerprint density at radius 2 is 1.96 bits per heavy atom. The highest BCUT2D eigenvalue weighted by Crippen LogP contribution is 2.29. The monoisotopic (exact) mass is 309 g/mol. The van der Waals surface area contributed by atoms with Crippen molar-refractivity contribution >= 4 is 22.5 Å². The van der Waals surface area contributed by atoms with E-state index >= 15 is 0 Å². The summed E-state index contributed by atoms with van der Waals surface area (Å²) < 4.78 is 7.49. The molecular formula is C18H19N3O2. The third-order valence-corrected chi connectivity index (χ3v) is 4.05. The smallest absolute Gasteiger partial charge is 0.248 e. The molecule has 5 heteroatoms. The van der Waals surface area contributed by atoms with Crippen molar-refractivity contribution in [3.63, 3.8) is 0 Å². The van der Waals surface area contributed by atoms with Crippen molar-refractivity contribution in [2.24, 2.45) is 12.8 Å². The fraction of sp³-hybridized carbons (Fsp3) is 0.167. The Morgan fingerprint density at radius 3 is 2.65 bits per heavy atom. The van der Waals surface area contributed by atoms with Gasteiger partial charge in [-0.15, -0.1) is 0 Å². The third kappa shape index (κ3) is 2.73. The van der Waals surface area contributed by atoms with Crippen LogP contribution in [0.3, 0.4) is 0 Å². The van der Waals surface area contributed by atoms with E-state index in [2.05, 4.69) is 10.8 Å². The Morgan fingerprint density at radius 1 is 1.17 bits per heavy atom. The second kappa shape index (κ2) is 5.68. The molecule has 0 spiro atoms. The lowest BCUT2D eigenvalue weighted by Gasteiger charge is -2.09. The topological polar surface area (TPSA) is 83.3 Å². The lowest BCUT2D eigenvalue weighted by Crippen LogP contribution is -2.11. The Kier molecular flexibility index (Phi) is 3.70. The maximum atomic E-state index is 11.3. The molecule has 1 aromatic heterocycles. The number of aryl methyl sites for hydroxylation is 1. The SMILES string of the molecule is COc1cc(C(N)=O)ccc1Cc1cn(C)c2ccc(N)cc12. The van der Waals surface area contributed by atoms with Crippen molar-refractivity contribution in [1.29, 1.82) is 0 Å². The lowest BCUT2D eigenvalue weighted by molar-refractivity contribution is 0.1000. The number of ether oxygens (including phenoxy) is 1. The number of benzene rings is 2. The van der Waals surface area contributed by atoms with Gasteiger partial charge < -0.3 is 20.8 Å². The molecule has 0 aliphatic carbocycles. The van der Waals surface area contributed by atoms with E-state index in [-0.39, 0.29) is 0 Å². The van der Waals surface area contributed by atoms with Crippen LogP contribution in [0.15, 0.2) is 42.6 Å². The van der Waals surface area contributed by atoms with Gasteiger partial charge in [0.1, 0.15) is 5.75 Å². The summed E-state index contributed by atoms with van der Waals surface area (Å²) in [6.45, 7) is 0. The molecule has 4 N–H and O–H groups in total. The van der Waals surface area contributed by atoms with Crippen molar-refractivity contribution in [2.45, 2.75) is 6.42 Å². The predicted octanol–water partition coefficient (Wildman–Crippen LogP) is 2.46. The first-order chi connectivity index (χ1) is 11.0. The molecule has 0 atom stereocenters. The minimum atomic E-state index is -0.465. The van der Waals surface area contributed by atoms with Crippen molar-refractivity contribution in [1.82, 2.24) is 4.57 Å². The molecule has 0 aliphatic rings. The number of hydrogen-bond acceptors (Lipinski definition) is 3. The third-order valence-electron chi connectivity index (χ3n) is 4.05. The van der Waals surface area contributed by atoms with Gasteiger partial charge in [0, 0.05) is 41.8 Å². The van der Waals surface area contributed by atoms with E-state index < -0.39 is 5.91 Å². The number of nitrogens with two attached hydrogens (primary N) is 2. The summed E-state index contributed by atoms with van der Waals surface area (Å²) in [6.07, 6.45) is 2.77. The molecule has 0 saturated carbocycles. The van der Waals surface area contributed by atoms with Crippen molar-refractivity contribution in [2.75, 3.05) is 12.8 Å². The van der Waals surface area contributed by atoms with Crippen molar-refractivity contribution in [3.8, 4) is 5.75 Å². The summed E-state index contributed by atoms with van der Waals surface area (Å²) in [4.78, 5) is 11.3. The minimum Gasteiger partial charge on any atom is -0.496 e. The summed E-state index contributed by atoms with van der Waals surface area (Å²) in [7, 11) is 3.60. The minimum absolute atomic E-state index is 0.438. The molecular weight excluding hydrogens is 290 g/mol. The number of nitrogens with zero attached hydrogens (tertiary/aromatic N) is 1. The molecule has 0 bridgehead atoms. The molecule has 1 heterocycles. The zero-order valence-corrected chi connectivity index (χ0v) is 13.2. The van der Waals surface area contributed by atoms with Crippen LogP contribution < -0.4 is 16.2 Å². The van der Waals surface area contributed by atoms with Gasteiger partial charge in [-0.3, -0.25) is 4.79 Å². The van der Waals surface area contributed by atoms with Gasteiger partial charge >= 0.3 is 0 Å². The Labute approximate surface area is 134 Å². The van der Waals surface area contributed by atoms with Crippen LogP contribution in [0.25, 0.3) is 10.9 Å². The van der Waals surface area contributed by atoms with Crippen molar-refractivity contribution < 1.29 is 9.53 Å². The van der Waals surface area contributed by atoms with E-state index in [1.807, 2.05) is 31.3 Å². The van der Waals surface area contributed by atoms with Crippen LogP contribution in [0.5, 0.6) is 5.75 Å². The summed E-state index contributed by atoms with van der Waals surface area (Å²) in [5, 5.41) is 1.12. The van der Waals surface area contributed by atoms with Crippen LogP contribution in [0.4, 0.5) is 5.69 Å². The Bertz CT molecular complexity index is 897. The number of carbonyl (C=O) groups excluding carboxylic acids is 1. The largest absolute Gasteiger partial charge is 0.496 e. The number of carbonyl (C=O) groups is 1. The molecule has 0 fully saturated rings. The molecule has 0 unspecified atom stereocenters. The zero-order valence-electron chi connectivity index (χ0n) is 13.2. The van der Waals surface area contributed by atoms with E-state index in [0.717, 1.165) is 27.7 Å². The molecule has 1 amide bonds. The molecule has 23 heavy (non-hydrogen) atoms. The van der Waals surface area contributed by atoms with Gasteiger partial charge in [0.25, 0.3) is 0 Å². The van der Waals surface area contributed by atoms with Crippen LogP contribution in [0, 0.1) is 0 Å². The number of nitrogen functional groups attached to an aromatic ring is 1. The Balaban J connectivity index is 2.05. The van der Waals surface area contributed by atoms with E-state index in [9.17, 15) is 4.79 Å². The fourth-order valence-electron chi connectivity index (χ4n) is 2.88. The molecule has 5 nitrogen and oxygen atoms in total. The summed E-state index contributed by atoms with van der Waals surface area (Å²) in [5.74, 6) is 0.190. The fourth-order valence-corrected chi connectivity index (χ4v) is 2.88. The van der Waals surface area contributed by atoms with E-state index in [1.54, 1.807) is 19.2 Å². The zero-order chi connectivity index (χ0) is 16.6. The molecule has 3 rings (SSSR count). The van der Waals surface area contributed by atoms with Gasteiger partial charge in [0.2, 0.25) is 5.91 Å². The van der Waals surface area contributed by atoms with E-state index in [1.165, 1.54) is 0 Å². The maximum absolute atomic E-state index is 11.3. The number of amides is 1. The number of aromatic nitrogens is 1. The van der Waals surface area contributed by atoms with Crippen molar-refractivity contribution in [3.05, 3.63) is 59.3 Å². The van der Waals surface area contributed by atoms with Crippen LogP contribution in [-0.2, 0) is 13.5 Å². The molecule has 0 aliphatic heterocycles. The average Bonchev–Trinajstić information content (AvgIpc) is 2.83. The first-order valence-corrected chi connectivity index (χ1v) is 7.29. The van der Waals surface area contributed by atoms with Gasteiger partial charge in [-0.25, -0.2) is 0 Å². The van der Waals surface area contributed by atoms with Gasteiger partial charge in [0.15, 0.2) is 0 Å². The first kappa shape index (κ1) is 15.0. The number of hydrogen-bond donors (Lipinski definition) is 2. The van der Waals surface area contributed by atoms with Crippen LogP contribution in [0.1, 0.15) is 21.5 Å². The normalized spacial score (nSPS) is 10.9. The molecule has 3 aromatic rings. The second-order valence-corrected chi connectivity index (χ2v) is 5.61. The van der Waals surface area contributed by atoms with Gasteiger partial charge in [-0.2, -0.15) is 0 Å². The number of methoxy groups -OCH3 is 1. The first-order valence-electron chi connectivity index (χ1n) is 7.29.